The average molecular weight is 422 g/mol. The molecule has 0 atom stereocenters. The highest BCUT2D eigenvalue weighted by Crippen LogP contribution is 2.29. The number of hydrogen-bond acceptors (Lipinski definition) is 3. The monoisotopic (exact) mass is 422 g/mol. The van der Waals surface area contributed by atoms with Crippen LogP contribution in [0.5, 0.6) is 5.75 Å². The zero-order valence-electron chi connectivity index (χ0n) is 16.9. The normalized spacial score (nSPS) is 11.7. The van der Waals surface area contributed by atoms with Crippen molar-refractivity contribution in [2.24, 2.45) is 4.99 Å². The number of amides is 1. The Labute approximate surface area is 173 Å². The van der Waals surface area contributed by atoms with Gasteiger partial charge >= 0.3 is 6.18 Å². The Morgan fingerprint density at radius 3 is 2.47 bits per heavy atom. The van der Waals surface area contributed by atoms with E-state index in [9.17, 15) is 18.0 Å². The average Bonchev–Trinajstić information content (AvgIpc) is 2.72. The van der Waals surface area contributed by atoms with Gasteiger partial charge in [-0.15, -0.1) is 0 Å². The molecule has 0 fully saturated rings. The number of ether oxygens (including phenoxy) is 1. The van der Waals surface area contributed by atoms with Crippen LogP contribution < -0.4 is 15.4 Å². The van der Waals surface area contributed by atoms with E-state index >= 15 is 0 Å². The summed E-state index contributed by atoms with van der Waals surface area (Å²) in [4.78, 5) is 17.5. The smallest absolute Gasteiger partial charge is 0.416 e. The Balaban J connectivity index is 1.98. The van der Waals surface area contributed by atoms with Gasteiger partial charge in [0.05, 0.1) is 25.2 Å². The molecule has 9 heteroatoms. The summed E-state index contributed by atoms with van der Waals surface area (Å²) < 4.78 is 44.2. The van der Waals surface area contributed by atoms with Gasteiger partial charge in [-0.05, 0) is 29.8 Å². The predicted molar refractivity (Wildman–Crippen MR) is 109 cm³/mol. The maximum Gasteiger partial charge on any atom is 0.416 e. The lowest BCUT2D eigenvalue weighted by Crippen LogP contribution is -2.44. The Morgan fingerprint density at radius 1 is 1.07 bits per heavy atom. The van der Waals surface area contributed by atoms with E-state index in [1.54, 1.807) is 20.2 Å². The third-order valence-corrected chi connectivity index (χ3v) is 3.99. The first-order valence-electron chi connectivity index (χ1n) is 9.32. The van der Waals surface area contributed by atoms with Crippen molar-refractivity contribution < 1.29 is 22.7 Å². The second kappa shape index (κ2) is 11.1. The first-order valence-corrected chi connectivity index (χ1v) is 9.32. The largest absolute Gasteiger partial charge is 0.492 e. The van der Waals surface area contributed by atoms with Crippen molar-refractivity contribution in [3.05, 3.63) is 65.7 Å². The topological polar surface area (TPSA) is 66.0 Å². The minimum atomic E-state index is -4.41. The van der Waals surface area contributed by atoms with Crippen LogP contribution in [0.4, 0.5) is 13.2 Å². The van der Waals surface area contributed by atoms with Gasteiger partial charge in [-0.2, -0.15) is 13.2 Å². The van der Waals surface area contributed by atoms with Crippen molar-refractivity contribution >= 4 is 11.9 Å². The standard InChI is InChI=1S/C21H25F3N4O2/c1-28(2)19(29)15-27-20(25-11-12-30-18-9-4-3-5-10-18)26-14-16-7-6-8-17(13-16)21(22,23)24/h3-10,13H,11-12,14-15H2,1-2H3,(H2,25,26,27). The predicted octanol–water partition coefficient (Wildman–Crippen LogP) is 2.91. The molecule has 30 heavy (non-hydrogen) atoms. The Kier molecular flexibility index (Phi) is 8.52. The lowest BCUT2D eigenvalue weighted by molar-refractivity contribution is -0.137. The summed E-state index contributed by atoms with van der Waals surface area (Å²) in [7, 11) is 3.26. The van der Waals surface area contributed by atoms with Crippen molar-refractivity contribution in [1.82, 2.24) is 15.5 Å². The number of guanidine groups is 1. The fourth-order valence-electron chi connectivity index (χ4n) is 2.36. The number of alkyl halides is 3. The van der Waals surface area contributed by atoms with Gasteiger partial charge in [0, 0.05) is 14.1 Å². The molecule has 0 aliphatic heterocycles. The minimum absolute atomic E-state index is 0.000959. The number of carbonyl (C=O) groups is 1. The molecule has 2 rings (SSSR count). The first-order chi connectivity index (χ1) is 14.3. The van der Waals surface area contributed by atoms with Crippen molar-refractivity contribution in [2.45, 2.75) is 12.7 Å². The van der Waals surface area contributed by atoms with Crippen LogP contribution in [0.25, 0.3) is 0 Å². The van der Waals surface area contributed by atoms with E-state index in [4.69, 9.17) is 4.74 Å². The van der Waals surface area contributed by atoms with Gasteiger partial charge in [-0.3, -0.25) is 4.79 Å². The molecule has 0 heterocycles. The SMILES string of the molecule is CN(C)C(=O)CNC(=NCc1cccc(C(F)(F)F)c1)NCCOc1ccccc1. The molecular weight excluding hydrogens is 397 g/mol. The number of aliphatic imine (C=N–C) groups is 1. The Hall–Kier alpha value is -3.23. The lowest BCUT2D eigenvalue weighted by Gasteiger charge is -2.15. The summed E-state index contributed by atoms with van der Waals surface area (Å²) in [5.74, 6) is 0.862. The number of para-hydroxylation sites is 1. The zero-order valence-corrected chi connectivity index (χ0v) is 16.9. The van der Waals surface area contributed by atoms with Crippen LogP contribution in [0.2, 0.25) is 0 Å². The number of hydrogen-bond donors (Lipinski definition) is 2. The number of rotatable bonds is 8. The van der Waals surface area contributed by atoms with E-state index in [1.165, 1.54) is 11.0 Å². The molecule has 0 unspecified atom stereocenters. The van der Waals surface area contributed by atoms with Crippen LogP contribution in [0.15, 0.2) is 59.6 Å². The highest BCUT2D eigenvalue weighted by atomic mass is 19.4. The molecule has 0 aliphatic rings. The number of nitrogens with one attached hydrogen (secondary N) is 2. The second-order valence-electron chi connectivity index (χ2n) is 6.59. The number of benzene rings is 2. The van der Waals surface area contributed by atoms with Crippen LogP contribution >= 0.6 is 0 Å². The van der Waals surface area contributed by atoms with Gasteiger partial charge in [0.15, 0.2) is 5.96 Å². The highest BCUT2D eigenvalue weighted by molar-refractivity contribution is 5.86. The van der Waals surface area contributed by atoms with Gasteiger partial charge in [0.2, 0.25) is 5.91 Å². The van der Waals surface area contributed by atoms with E-state index in [2.05, 4.69) is 15.6 Å². The summed E-state index contributed by atoms with van der Waals surface area (Å²) >= 11 is 0. The van der Waals surface area contributed by atoms with Crippen molar-refractivity contribution in [2.75, 3.05) is 33.8 Å². The van der Waals surface area contributed by atoms with Crippen molar-refractivity contribution in [3.8, 4) is 5.75 Å². The molecule has 162 valence electrons. The van der Waals surface area contributed by atoms with E-state index in [0.29, 0.717) is 24.7 Å². The van der Waals surface area contributed by atoms with E-state index in [1.807, 2.05) is 30.3 Å². The van der Waals surface area contributed by atoms with Crippen LogP contribution in [0, 0.1) is 0 Å². The second-order valence-corrected chi connectivity index (χ2v) is 6.59. The molecule has 2 N–H and O–H groups in total. The fourth-order valence-corrected chi connectivity index (χ4v) is 2.36. The molecule has 0 bridgehead atoms. The van der Waals surface area contributed by atoms with Gasteiger partial charge < -0.3 is 20.3 Å². The maximum absolute atomic E-state index is 12.9. The van der Waals surface area contributed by atoms with Gasteiger partial charge in [0.25, 0.3) is 0 Å². The molecular formula is C21H25F3N4O2. The maximum atomic E-state index is 12.9. The van der Waals surface area contributed by atoms with E-state index in [-0.39, 0.29) is 19.0 Å². The van der Waals surface area contributed by atoms with E-state index < -0.39 is 11.7 Å². The summed E-state index contributed by atoms with van der Waals surface area (Å²) in [6.07, 6.45) is -4.41. The molecule has 1 amide bonds. The molecule has 0 radical (unpaired) electrons. The highest BCUT2D eigenvalue weighted by Gasteiger charge is 2.30. The molecule has 0 saturated carbocycles. The van der Waals surface area contributed by atoms with Gasteiger partial charge in [-0.1, -0.05) is 30.3 Å². The lowest BCUT2D eigenvalue weighted by atomic mass is 10.1. The molecule has 2 aromatic carbocycles. The van der Waals surface area contributed by atoms with Crippen LogP contribution in [0.1, 0.15) is 11.1 Å². The summed E-state index contributed by atoms with van der Waals surface area (Å²) in [6.45, 7) is 0.755. The first kappa shape index (κ1) is 23.1. The van der Waals surface area contributed by atoms with Crippen molar-refractivity contribution in [1.29, 1.82) is 0 Å². The molecule has 0 aliphatic carbocycles. The summed E-state index contributed by atoms with van der Waals surface area (Å²) in [5, 5.41) is 5.90. The summed E-state index contributed by atoms with van der Waals surface area (Å²) in [6, 6.07) is 14.3. The minimum Gasteiger partial charge on any atom is -0.492 e. The van der Waals surface area contributed by atoms with Gasteiger partial charge in [-0.25, -0.2) is 4.99 Å². The third-order valence-electron chi connectivity index (χ3n) is 3.99. The van der Waals surface area contributed by atoms with Crippen LogP contribution in [-0.2, 0) is 17.5 Å². The van der Waals surface area contributed by atoms with E-state index in [0.717, 1.165) is 17.9 Å². The number of likely N-dealkylation sites (N-methyl/N-ethyl adjacent to an activating group) is 1. The molecule has 0 spiro atoms. The third kappa shape index (κ3) is 8.02. The van der Waals surface area contributed by atoms with Crippen molar-refractivity contribution in [3.63, 3.8) is 0 Å². The fraction of sp³-hybridized carbons (Fsp3) is 0.333. The number of halogens is 3. The van der Waals surface area contributed by atoms with Crippen LogP contribution in [-0.4, -0.2) is 50.6 Å². The Bertz CT molecular complexity index is 840. The van der Waals surface area contributed by atoms with Crippen LogP contribution in [0.3, 0.4) is 0 Å². The zero-order chi connectivity index (χ0) is 22.0. The Morgan fingerprint density at radius 2 is 1.80 bits per heavy atom. The summed E-state index contributed by atoms with van der Waals surface area (Å²) in [5.41, 5.74) is -0.317. The molecule has 6 nitrogen and oxygen atoms in total. The number of nitrogens with zero attached hydrogens (tertiary/aromatic N) is 2. The molecule has 2 aromatic rings. The molecule has 0 aromatic heterocycles. The number of carbonyl (C=O) groups excluding carboxylic acids is 1. The molecule has 0 saturated heterocycles. The van der Waals surface area contributed by atoms with Gasteiger partial charge in [0.1, 0.15) is 12.4 Å². The quantitative estimate of drug-likeness (QED) is 0.390.